The van der Waals surface area contributed by atoms with E-state index in [0.717, 1.165) is 36.0 Å². The van der Waals surface area contributed by atoms with Gasteiger partial charge in [-0.25, -0.2) is 4.98 Å². The summed E-state index contributed by atoms with van der Waals surface area (Å²) in [5, 5.41) is 13.9. The molecular formula is C24H22BrN5O2. The summed E-state index contributed by atoms with van der Waals surface area (Å²) in [5.41, 5.74) is 1.97. The molecule has 1 aliphatic heterocycles. The van der Waals surface area contributed by atoms with Crippen molar-refractivity contribution in [3.05, 3.63) is 88.0 Å². The lowest BCUT2D eigenvalue weighted by molar-refractivity contribution is 0.102. The number of amides is 2. The van der Waals surface area contributed by atoms with Gasteiger partial charge in [-0.3, -0.25) is 15.0 Å². The molecule has 0 radical (unpaired) electrons. The van der Waals surface area contributed by atoms with Gasteiger partial charge >= 0.3 is 0 Å². The number of hydrogen-bond donors (Lipinski definition) is 3. The SMILES string of the molecule is N=C(c1ccc(C(=O)Nc2ccccc2C(=O)Nc2ccc(Br)cn2)cc1)N1CCCC1. The number of carbonyl (C=O) groups excluding carboxylic acids is 2. The highest BCUT2D eigenvalue weighted by atomic mass is 79.9. The Bertz CT molecular complexity index is 1140. The van der Waals surface area contributed by atoms with Gasteiger partial charge in [0.2, 0.25) is 0 Å². The molecule has 2 aromatic carbocycles. The molecule has 0 spiro atoms. The summed E-state index contributed by atoms with van der Waals surface area (Å²) in [6.07, 6.45) is 3.80. The number of carbonyl (C=O) groups is 2. The van der Waals surface area contributed by atoms with E-state index in [1.807, 2.05) is 4.90 Å². The summed E-state index contributed by atoms with van der Waals surface area (Å²) in [6, 6.07) is 17.2. The third-order valence-electron chi connectivity index (χ3n) is 5.23. The van der Waals surface area contributed by atoms with Crippen LogP contribution in [-0.4, -0.2) is 40.6 Å². The fourth-order valence-corrected chi connectivity index (χ4v) is 3.76. The molecule has 3 aromatic rings. The van der Waals surface area contributed by atoms with Crippen molar-refractivity contribution in [3.63, 3.8) is 0 Å². The maximum absolute atomic E-state index is 12.8. The number of hydrogen-bond acceptors (Lipinski definition) is 4. The van der Waals surface area contributed by atoms with E-state index in [-0.39, 0.29) is 11.8 Å². The number of amidine groups is 1. The van der Waals surface area contributed by atoms with Gasteiger partial charge in [-0.2, -0.15) is 0 Å². The van der Waals surface area contributed by atoms with E-state index < -0.39 is 0 Å². The number of likely N-dealkylation sites (tertiary alicyclic amines) is 1. The molecule has 4 rings (SSSR count). The second kappa shape index (κ2) is 9.74. The lowest BCUT2D eigenvalue weighted by atomic mass is 10.1. The van der Waals surface area contributed by atoms with Crippen molar-refractivity contribution in [2.45, 2.75) is 12.8 Å². The molecule has 1 fully saturated rings. The van der Waals surface area contributed by atoms with Gasteiger partial charge in [0.25, 0.3) is 11.8 Å². The summed E-state index contributed by atoms with van der Waals surface area (Å²) in [4.78, 5) is 31.7. The number of nitrogens with zero attached hydrogens (tertiary/aromatic N) is 2. The van der Waals surface area contributed by atoms with Crippen LogP contribution in [-0.2, 0) is 0 Å². The number of rotatable bonds is 5. The topological polar surface area (TPSA) is 98.2 Å². The minimum atomic E-state index is -0.370. The van der Waals surface area contributed by atoms with Crippen molar-refractivity contribution < 1.29 is 9.59 Å². The van der Waals surface area contributed by atoms with Gasteiger partial charge in [-0.1, -0.05) is 24.3 Å². The number of para-hydroxylation sites is 1. The fraction of sp³-hybridized carbons (Fsp3) is 0.167. The second-order valence-electron chi connectivity index (χ2n) is 7.44. The zero-order valence-corrected chi connectivity index (χ0v) is 18.9. The third kappa shape index (κ3) is 5.03. The summed E-state index contributed by atoms with van der Waals surface area (Å²) >= 11 is 3.31. The first-order valence-corrected chi connectivity index (χ1v) is 11.1. The van der Waals surface area contributed by atoms with Gasteiger partial charge in [0, 0.05) is 34.9 Å². The summed E-state index contributed by atoms with van der Waals surface area (Å²) in [5.74, 6) is 0.199. The van der Waals surface area contributed by atoms with Crippen molar-refractivity contribution in [1.29, 1.82) is 5.41 Å². The van der Waals surface area contributed by atoms with Crippen molar-refractivity contribution in [1.82, 2.24) is 9.88 Å². The lowest BCUT2D eigenvalue weighted by Crippen LogP contribution is -2.27. The average Bonchev–Trinajstić information content (AvgIpc) is 3.35. The molecule has 0 saturated carbocycles. The van der Waals surface area contributed by atoms with E-state index in [1.165, 1.54) is 0 Å². The Kier molecular flexibility index (Phi) is 6.61. The second-order valence-corrected chi connectivity index (χ2v) is 8.35. The van der Waals surface area contributed by atoms with Gasteiger partial charge in [0.05, 0.1) is 11.3 Å². The molecule has 1 aromatic heterocycles. The Morgan fingerprint density at radius 2 is 1.56 bits per heavy atom. The molecule has 0 atom stereocenters. The smallest absolute Gasteiger partial charge is 0.258 e. The fourth-order valence-electron chi connectivity index (χ4n) is 3.52. The molecule has 0 unspecified atom stereocenters. The third-order valence-corrected chi connectivity index (χ3v) is 5.70. The first kappa shape index (κ1) is 21.7. The van der Waals surface area contributed by atoms with Crippen LogP contribution in [0.15, 0.2) is 71.3 Å². The van der Waals surface area contributed by atoms with Crippen LogP contribution < -0.4 is 10.6 Å². The van der Waals surface area contributed by atoms with Crippen molar-refractivity contribution >= 4 is 45.1 Å². The minimum absolute atomic E-state index is 0.328. The lowest BCUT2D eigenvalue weighted by Gasteiger charge is -2.18. The first-order valence-electron chi connectivity index (χ1n) is 10.3. The molecule has 162 valence electrons. The van der Waals surface area contributed by atoms with Crippen LogP contribution in [0.4, 0.5) is 11.5 Å². The molecule has 1 aliphatic rings. The Balaban J connectivity index is 1.46. The molecule has 0 bridgehead atoms. The molecule has 7 nitrogen and oxygen atoms in total. The zero-order valence-electron chi connectivity index (χ0n) is 17.3. The molecule has 1 saturated heterocycles. The Morgan fingerprint density at radius 1 is 0.875 bits per heavy atom. The van der Waals surface area contributed by atoms with Crippen LogP contribution in [0.5, 0.6) is 0 Å². The standard InChI is InChI=1S/C24H22BrN5O2/c25-18-11-12-21(27-15-18)29-24(32)19-5-1-2-6-20(19)28-23(31)17-9-7-16(8-10-17)22(26)30-13-3-4-14-30/h1-2,5-12,15,26H,3-4,13-14H2,(H,28,31)(H,27,29,32). The maximum Gasteiger partial charge on any atom is 0.258 e. The van der Waals surface area contributed by atoms with Crippen LogP contribution in [0.2, 0.25) is 0 Å². The van der Waals surface area contributed by atoms with Gasteiger partial charge in [-0.15, -0.1) is 0 Å². The van der Waals surface area contributed by atoms with E-state index in [2.05, 4.69) is 31.5 Å². The number of aromatic nitrogens is 1. The number of nitrogens with one attached hydrogen (secondary N) is 3. The molecule has 2 amide bonds. The highest BCUT2D eigenvalue weighted by Gasteiger charge is 2.18. The zero-order chi connectivity index (χ0) is 22.5. The van der Waals surface area contributed by atoms with E-state index in [0.29, 0.717) is 28.5 Å². The van der Waals surface area contributed by atoms with Gasteiger partial charge in [-0.05, 0) is 65.2 Å². The first-order chi connectivity index (χ1) is 15.5. The van der Waals surface area contributed by atoms with E-state index in [1.54, 1.807) is 66.9 Å². The molecule has 2 heterocycles. The molecule has 8 heteroatoms. The number of benzene rings is 2. The molecular weight excluding hydrogens is 470 g/mol. The van der Waals surface area contributed by atoms with E-state index in [4.69, 9.17) is 5.41 Å². The predicted molar refractivity (Wildman–Crippen MR) is 128 cm³/mol. The van der Waals surface area contributed by atoms with Crippen molar-refractivity contribution in [3.8, 4) is 0 Å². The highest BCUT2D eigenvalue weighted by Crippen LogP contribution is 2.19. The largest absolute Gasteiger partial charge is 0.357 e. The molecule has 3 N–H and O–H groups in total. The van der Waals surface area contributed by atoms with Gasteiger partial charge in [0.1, 0.15) is 11.7 Å². The van der Waals surface area contributed by atoms with Crippen molar-refractivity contribution in [2.24, 2.45) is 0 Å². The van der Waals surface area contributed by atoms with E-state index >= 15 is 0 Å². The van der Waals surface area contributed by atoms with Crippen LogP contribution in [0.3, 0.4) is 0 Å². The van der Waals surface area contributed by atoms with Gasteiger partial charge in [0.15, 0.2) is 0 Å². The minimum Gasteiger partial charge on any atom is -0.357 e. The maximum atomic E-state index is 12.8. The Labute approximate surface area is 194 Å². The van der Waals surface area contributed by atoms with Gasteiger partial charge < -0.3 is 15.5 Å². The summed E-state index contributed by atoms with van der Waals surface area (Å²) < 4.78 is 0.810. The van der Waals surface area contributed by atoms with Crippen LogP contribution in [0.1, 0.15) is 39.1 Å². The summed E-state index contributed by atoms with van der Waals surface area (Å²) in [6.45, 7) is 1.80. The highest BCUT2D eigenvalue weighted by molar-refractivity contribution is 9.10. The quantitative estimate of drug-likeness (QED) is 0.353. The Hall–Kier alpha value is -3.52. The number of anilines is 2. The molecule has 0 aliphatic carbocycles. The van der Waals surface area contributed by atoms with Crippen LogP contribution in [0, 0.1) is 5.41 Å². The number of halogens is 1. The average molecular weight is 492 g/mol. The van der Waals surface area contributed by atoms with Crippen LogP contribution >= 0.6 is 15.9 Å². The summed E-state index contributed by atoms with van der Waals surface area (Å²) in [7, 11) is 0. The molecule has 32 heavy (non-hydrogen) atoms. The normalized spacial score (nSPS) is 13.0. The monoisotopic (exact) mass is 491 g/mol. The predicted octanol–water partition coefficient (Wildman–Crippen LogP) is 4.77. The van der Waals surface area contributed by atoms with E-state index in [9.17, 15) is 9.59 Å². The Morgan fingerprint density at radius 3 is 2.25 bits per heavy atom. The number of pyridine rings is 1. The van der Waals surface area contributed by atoms with Crippen molar-refractivity contribution in [2.75, 3.05) is 23.7 Å². The van der Waals surface area contributed by atoms with Crippen LogP contribution in [0.25, 0.3) is 0 Å².